The minimum absolute atomic E-state index is 0.170. The molecule has 0 aliphatic carbocycles. The molecule has 1 atom stereocenters. The van der Waals surface area contributed by atoms with Crippen LogP contribution in [0.3, 0.4) is 0 Å². The molecule has 3 rings (SSSR count). The average molecular weight is 415 g/mol. The number of carbonyl (C=O) groups is 2. The second-order valence-electron chi connectivity index (χ2n) is 6.44. The van der Waals surface area contributed by atoms with Gasteiger partial charge < -0.3 is 4.74 Å². The summed E-state index contributed by atoms with van der Waals surface area (Å²) in [5, 5.41) is 0.815. The smallest absolute Gasteiger partial charge is 0.332 e. The Kier molecular flexibility index (Phi) is 5.98. The van der Waals surface area contributed by atoms with E-state index in [-0.39, 0.29) is 12.3 Å². The molecule has 0 saturated heterocycles. The predicted molar refractivity (Wildman–Crippen MR) is 109 cm³/mol. The standard InChI is InChI=1S/C21H19ClN2O5/c1-3-23-20(27)16-6-4-5-7-17(16)24(21(23)28)12-18(25)29-13(2)19(26)14-8-10-15(22)11-9-14/h4-11,13H,3,12H2,1-2H3. The third-order valence-corrected chi connectivity index (χ3v) is 4.79. The lowest BCUT2D eigenvalue weighted by atomic mass is 10.1. The maximum absolute atomic E-state index is 12.7. The molecule has 0 aliphatic rings. The number of fused-ring (bicyclic) bond motifs is 1. The lowest BCUT2D eigenvalue weighted by molar-refractivity contribution is -0.147. The minimum Gasteiger partial charge on any atom is -0.453 e. The van der Waals surface area contributed by atoms with E-state index in [9.17, 15) is 19.2 Å². The molecule has 0 aliphatic heterocycles. The van der Waals surface area contributed by atoms with E-state index in [2.05, 4.69) is 0 Å². The van der Waals surface area contributed by atoms with Crippen molar-refractivity contribution in [2.24, 2.45) is 0 Å². The number of halogens is 1. The van der Waals surface area contributed by atoms with Gasteiger partial charge in [0.2, 0.25) is 5.78 Å². The van der Waals surface area contributed by atoms with Gasteiger partial charge in [0.15, 0.2) is 6.10 Å². The van der Waals surface area contributed by atoms with E-state index in [4.69, 9.17) is 16.3 Å². The zero-order valence-electron chi connectivity index (χ0n) is 15.9. The lowest BCUT2D eigenvalue weighted by Crippen LogP contribution is -2.41. The van der Waals surface area contributed by atoms with Crippen molar-refractivity contribution in [1.82, 2.24) is 9.13 Å². The summed E-state index contributed by atoms with van der Waals surface area (Å²) < 4.78 is 7.48. The summed E-state index contributed by atoms with van der Waals surface area (Å²) in [6.07, 6.45) is -1.04. The number of ketones is 1. The number of carbonyl (C=O) groups excluding carboxylic acids is 2. The Hall–Kier alpha value is -3.19. The van der Waals surface area contributed by atoms with E-state index in [0.717, 1.165) is 4.57 Å². The van der Waals surface area contributed by atoms with Crippen molar-refractivity contribution in [2.75, 3.05) is 0 Å². The maximum Gasteiger partial charge on any atom is 0.332 e. The average Bonchev–Trinajstić information content (AvgIpc) is 2.71. The van der Waals surface area contributed by atoms with E-state index < -0.39 is 29.9 Å². The zero-order chi connectivity index (χ0) is 21.1. The summed E-state index contributed by atoms with van der Waals surface area (Å²) >= 11 is 5.82. The molecule has 0 radical (unpaired) electrons. The largest absolute Gasteiger partial charge is 0.453 e. The van der Waals surface area contributed by atoms with Crippen LogP contribution in [-0.4, -0.2) is 27.0 Å². The molecule has 0 amide bonds. The van der Waals surface area contributed by atoms with Crippen LogP contribution in [-0.2, 0) is 22.6 Å². The summed E-state index contributed by atoms with van der Waals surface area (Å²) in [5.74, 6) is -1.14. The fraction of sp³-hybridized carbons (Fsp3) is 0.238. The third-order valence-electron chi connectivity index (χ3n) is 4.54. The summed E-state index contributed by atoms with van der Waals surface area (Å²) in [6.45, 7) is 2.89. The van der Waals surface area contributed by atoms with Crippen LogP contribution in [0.4, 0.5) is 0 Å². The van der Waals surface area contributed by atoms with Crippen LogP contribution in [0.5, 0.6) is 0 Å². The molecular formula is C21H19ClN2O5. The van der Waals surface area contributed by atoms with Gasteiger partial charge in [0, 0.05) is 17.1 Å². The van der Waals surface area contributed by atoms with Crippen LogP contribution in [0.2, 0.25) is 5.02 Å². The molecule has 0 N–H and O–H groups in total. The summed E-state index contributed by atoms with van der Waals surface area (Å²) in [4.78, 5) is 50.0. The second kappa shape index (κ2) is 8.45. The number of hydrogen-bond acceptors (Lipinski definition) is 5. The molecule has 0 saturated carbocycles. The number of ether oxygens (including phenoxy) is 1. The van der Waals surface area contributed by atoms with Gasteiger partial charge in [-0.15, -0.1) is 0 Å². The number of nitrogens with zero attached hydrogens (tertiary/aromatic N) is 2. The van der Waals surface area contributed by atoms with Crippen LogP contribution >= 0.6 is 11.6 Å². The van der Waals surface area contributed by atoms with E-state index in [1.165, 1.54) is 11.5 Å². The molecule has 0 bridgehead atoms. The van der Waals surface area contributed by atoms with Crippen LogP contribution < -0.4 is 11.2 Å². The van der Waals surface area contributed by atoms with Crippen molar-refractivity contribution in [3.8, 4) is 0 Å². The van der Waals surface area contributed by atoms with Crippen molar-refractivity contribution >= 4 is 34.3 Å². The molecule has 2 aromatic carbocycles. The van der Waals surface area contributed by atoms with Crippen molar-refractivity contribution in [1.29, 1.82) is 0 Å². The number of Topliss-reactive ketones (excluding diaryl/α,β-unsaturated/α-hetero) is 1. The topological polar surface area (TPSA) is 87.4 Å². The van der Waals surface area contributed by atoms with Gasteiger partial charge in [0.1, 0.15) is 6.54 Å². The molecule has 0 fully saturated rings. The molecule has 1 unspecified atom stereocenters. The van der Waals surface area contributed by atoms with Crippen LogP contribution in [0.15, 0.2) is 58.1 Å². The third kappa shape index (κ3) is 4.14. The normalized spacial score (nSPS) is 12.0. The molecule has 29 heavy (non-hydrogen) atoms. The van der Waals surface area contributed by atoms with Crippen molar-refractivity contribution in [2.45, 2.75) is 33.0 Å². The Bertz CT molecular complexity index is 1190. The fourth-order valence-corrected chi connectivity index (χ4v) is 3.19. The van der Waals surface area contributed by atoms with E-state index in [0.29, 0.717) is 21.5 Å². The number of benzene rings is 2. The van der Waals surface area contributed by atoms with Gasteiger partial charge in [0.05, 0.1) is 10.9 Å². The highest BCUT2D eigenvalue weighted by atomic mass is 35.5. The van der Waals surface area contributed by atoms with Gasteiger partial charge >= 0.3 is 11.7 Å². The zero-order valence-corrected chi connectivity index (χ0v) is 16.7. The van der Waals surface area contributed by atoms with E-state index >= 15 is 0 Å². The molecule has 3 aromatic rings. The Labute approximate surface area is 171 Å². The highest BCUT2D eigenvalue weighted by Crippen LogP contribution is 2.13. The SMILES string of the molecule is CCn1c(=O)c2ccccc2n(CC(=O)OC(C)C(=O)c2ccc(Cl)cc2)c1=O. The van der Waals surface area contributed by atoms with Gasteiger partial charge in [-0.1, -0.05) is 23.7 Å². The molecule has 1 heterocycles. The van der Waals surface area contributed by atoms with Gasteiger partial charge in [-0.2, -0.15) is 0 Å². The monoisotopic (exact) mass is 414 g/mol. The molecule has 0 spiro atoms. The molecule has 1 aromatic heterocycles. The van der Waals surface area contributed by atoms with Crippen LogP contribution in [0, 0.1) is 0 Å². The highest BCUT2D eigenvalue weighted by molar-refractivity contribution is 6.30. The molecule has 8 heteroatoms. The Balaban J connectivity index is 1.86. The highest BCUT2D eigenvalue weighted by Gasteiger charge is 2.21. The maximum atomic E-state index is 12.7. The minimum atomic E-state index is -1.04. The first-order chi connectivity index (χ1) is 13.8. The predicted octanol–water partition coefficient (Wildman–Crippen LogP) is 2.65. The Morgan fingerprint density at radius 2 is 1.69 bits per heavy atom. The number of aromatic nitrogens is 2. The first-order valence-corrected chi connectivity index (χ1v) is 9.43. The quantitative estimate of drug-likeness (QED) is 0.457. The number of para-hydroxylation sites is 1. The number of hydrogen-bond donors (Lipinski definition) is 0. The van der Waals surface area contributed by atoms with E-state index in [1.54, 1.807) is 55.5 Å². The molecule has 150 valence electrons. The first kappa shape index (κ1) is 20.5. The fourth-order valence-electron chi connectivity index (χ4n) is 3.07. The Morgan fingerprint density at radius 3 is 2.34 bits per heavy atom. The van der Waals surface area contributed by atoms with Gasteiger partial charge in [0.25, 0.3) is 5.56 Å². The van der Waals surface area contributed by atoms with Crippen molar-refractivity contribution in [3.63, 3.8) is 0 Å². The van der Waals surface area contributed by atoms with E-state index in [1.807, 2.05) is 0 Å². The summed E-state index contributed by atoms with van der Waals surface area (Å²) in [6, 6.07) is 12.8. The van der Waals surface area contributed by atoms with Gasteiger partial charge in [-0.3, -0.25) is 23.5 Å². The van der Waals surface area contributed by atoms with Crippen LogP contribution in [0.25, 0.3) is 10.9 Å². The second-order valence-corrected chi connectivity index (χ2v) is 6.87. The van der Waals surface area contributed by atoms with Gasteiger partial charge in [-0.25, -0.2) is 4.79 Å². The van der Waals surface area contributed by atoms with Crippen molar-refractivity contribution in [3.05, 3.63) is 80.0 Å². The number of rotatable bonds is 6. The summed E-state index contributed by atoms with van der Waals surface area (Å²) in [7, 11) is 0. The number of esters is 1. The Morgan fingerprint density at radius 1 is 1.03 bits per heavy atom. The molecular weight excluding hydrogens is 396 g/mol. The molecule has 7 nitrogen and oxygen atoms in total. The lowest BCUT2D eigenvalue weighted by Gasteiger charge is -2.15. The van der Waals surface area contributed by atoms with Gasteiger partial charge in [-0.05, 0) is 50.2 Å². The van der Waals surface area contributed by atoms with Crippen LogP contribution in [0.1, 0.15) is 24.2 Å². The first-order valence-electron chi connectivity index (χ1n) is 9.05. The van der Waals surface area contributed by atoms with Crippen molar-refractivity contribution < 1.29 is 14.3 Å². The summed E-state index contributed by atoms with van der Waals surface area (Å²) in [5.41, 5.74) is -0.327.